The van der Waals surface area contributed by atoms with Crippen molar-refractivity contribution in [2.45, 2.75) is 0 Å². The number of aromatic nitrogens is 3. The normalized spacial score (nSPS) is 10.3. The van der Waals surface area contributed by atoms with Crippen molar-refractivity contribution in [2.75, 3.05) is 10.6 Å². The molecule has 0 amide bonds. The quantitative estimate of drug-likeness (QED) is 0.373. The van der Waals surface area contributed by atoms with E-state index in [0.29, 0.717) is 5.69 Å². The van der Waals surface area contributed by atoms with Crippen LogP contribution in [0.1, 0.15) is 31.1 Å². The molecule has 2 aromatic carbocycles. The molecule has 0 unspecified atom stereocenters. The zero-order valence-electron chi connectivity index (χ0n) is 14.8. The monoisotopic (exact) mass is 429 g/mol. The van der Waals surface area contributed by atoms with Gasteiger partial charge in [0.25, 0.3) is 0 Å². The van der Waals surface area contributed by atoms with E-state index in [9.17, 15) is 14.4 Å². The summed E-state index contributed by atoms with van der Waals surface area (Å²) in [4.78, 5) is 45.4. The van der Waals surface area contributed by atoms with Crippen LogP contribution in [0.4, 0.5) is 23.3 Å². The van der Waals surface area contributed by atoms with Gasteiger partial charge in [-0.25, -0.2) is 14.4 Å². The number of carboxylic acid groups (broad SMARTS) is 3. The van der Waals surface area contributed by atoms with Crippen LogP contribution < -0.4 is 10.6 Å². The topological polar surface area (TPSA) is 175 Å². The molecule has 0 saturated carbocycles. The first kappa shape index (κ1) is 20.5. The number of carbonyl (C=O) groups is 3. The molecule has 0 aliphatic rings. The SMILES string of the molecule is O=C(O)c1cccc(Nc2nc(Cl)nc(Nc3cc(C(=O)O)cc(C(=O)O)c3)n2)c1. The van der Waals surface area contributed by atoms with Crippen molar-refractivity contribution in [3.05, 3.63) is 64.4 Å². The Morgan fingerprint density at radius 1 is 0.700 bits per heavy atom. The maximum Gasteiger partial charge on any atom is 0.335 e. The predicted octanol–water partition coefficient (Wildman–Crippen LogP) is 3.11. The van der Waals surface area contributed by atoms with Crippen molar-refractivity contribution in [2.24, 2.45) is 0 Å². The van der Waals surface area contributed by atoms with Gasteiger partial charge in [0, 0.05) is 11.4 Å². The molecule has 1 aromatic heterocycles. The molecule has 0 bridgehead atoms. The fourth-order valence-corrected chi connectivity index (χ4v) is 2.56. The Kier molecular flexibility index (Phi) is 5.74. The summed E-state index contributed by atoms with van der Waals surface area (Å²) in [6, 6.07) is 9.31. The highest BCUT2D eigenvalue weighted by Crippen LogP contribution is 2.22. The Morgan fingerprint density at radius 2 is 1.20 bits per heavy atom. The number of hydrogen-bond donors (Lipinski definition) is 5. The van der Waals surface area contributed by atoms with Crippen LogP contribution in [0.3, 0.4) is 0 Å². The minimum Gasteiger partial charge on any atom is -0.478 e. The van der Waals surface area contributed by atoms with E-state index in [1.807, 2.05) is 0 Å². The number of anilines is 4. The molecule has 0 aliphatic carbocycles. The summed E-state index contributed by atoms with van der Waals surface area (Å²) in [5.41, 5.74) is 0.0329. The van der Waals surface area contributed by atoms with E-state index in [1.165, 1.54) is 30.3 Å². The summed E-state index contributed by atoms with van der Waals surface area (Å²) >= 11 is 5.90. The fraction of sp³-hybridized carbons (Fsp3) is 0. The number of nitrogens with zero attached hydrogens (tertiary/aromatic N) is 3. The highest BCUT2D eigenvalue weighted by atomic mass is 35.5. The summed E-state index contributed by atoms with van der Waals surface area (Å²) in [7, 11) is 0. The van der Waals surface area contributed by atoms with Crippen LogP contribution in [0.15, 0.2) is 42.5 Å². The highest BCUT2D eigenvalue weighted by Gasteiger charge is 2.13. The molecule has 3 aromatic rings. The summed E-state index contributed by atoms with van der Waals surface area (Å²) < 4.78 is 0. The average molecular weight is 430 g/mol. The van der Waals surface area contributed by atoms with E-state index in [1.54, 1.807) is 6.07 Å². The lowest BCUT2D eigenvalue weighted by molar-refractivity contribution is 0.0682. The van der Waals surface area contributed by atoms with Crippen molar-refractivity contribution in [3.63, 3.8) is 0 Å². The minimum atomic E-state index is -1.31. The van der Waals surface area contributed by atoms with Gasteiger partial charge in [-0.1, -0.05) is 6.07 Å². The molecule has 0 saturated heterocycles. The molecule has 0 aliphatic heterocycles. The molecular formula is C18H12ClN5O6. The van der Waals surface area contributed by atoms with Gasteiger partial charge in [-0.2, -0.15) is 15.0 Å². The number of carboxylic acids is 3. The number of hydrogen-bond acceptors (Lipinski definition) is 8. The van der Waals surface area contributed by atoms with E-state index >= 15 is 0 Å². The number of rotatable bonds is 7. The van der Waals surface area contributed by atoms with Gasteiger partial charge in [-0.15, -0.1) is 0 Å². The minimum absolute atomic E-state index is 0.0205. The van der Waals surface area contributed by atoms with Gasteiger partial charge in [-0.3, -0.25) is 0 Å². The van der Waals surface area contributed by atoms with Crippen LogP contribution in [0, 0.1) is 0 Å². The number of benzene rings is 2. The van der Waals surface area contributed by atoms with Gasteiger partial charge in [0.1, 0.15) is 0 Å². The number of halogens is 1. The molecule has 0 atom stereocenters. The Labute approximate surface area is 173 Å². The lowest BCUT2D eigenvalue weighted by Crippen LogP contribution is -2.07. The molecule has 0 spiro atoms. The molecule has 11 nitrogen and oxygen atoms in total. The first-order chi connectivity index (χ1) is 14.2. The van der Waals surface area contributed by atoms with Gasteiger partial charge >= 0.3 is 17.9 Å². The number of aromatic carboxylic acids is 3. The molecule has 3 rings (SSSR count). The Hall–Kier alpha value is -4.25. The van der Waals surface area contributed by atoms with Gasteiger partial charge in [0.05, 0.1) is 16.7 Å². The third-order valence-corrected chi connectivity index (χ3v) is 3.83. The van der Waals surface area contributed by atoms with Crippen LogP contribution in [0.5, 0.6) is 0 Å². The predicted molar refractivity (Wildman–Crippen MR) is 105 cm³/mol. The highest BCUT2D eigenvalue weighted by molar-refractivity contribution is 6.28. The van der Waals surface area contributed by atoms with Crippen molar-refractivity contribution in [1.29, 1.82) is 0 Å². The van der Waals surface area contributed by atoms with E-state index in [2.05, 4.69) is 25.6 Å². The molecule has 30 heavy (non-hydrogen) atoms. The first-order valence-electron chi connectivity index (χ1n) is 8.12. The number of nitrogens with one attached hydrogen (secondary N) is 2. The van der Waals surface area contributed by atoms with Crippen LogP contribution in [0.25, 0.3) is 0 Å². The second kappa shape index (κ2) is 8.41. The molecule has 152 valence electrons. The first-order valence-corrected chi connectivity index (χ1v) is 8.50. The van der Waals surface area contributed by atoms with Crippen LogP contribution in [-0.4, -0.2) is 48.2 Å². The molecule has 5 N–H and O–H groups in total. The van der Waals surface area contributed by atoms with Crippen molar-refractivity contribution in [1.82, 2.24) is 15.0 Å². The molecule has 0 radical (unpaired) electrons. The molecular weight excluding hydrogens is 418 g/mol. The van der Waals surface area contributed by atoms with Gasteiger partial charge < -0.3 is 26.0 Å². The molecule has 0 fully saturated rings. The second-order valence-corrected chi connectivity index (χ2v) is 6.14. The smallest absolute Gasteiger partial charge is 0.335 e. The van der Waals surface area contributed by atoms with Crippen molar-refractivity contribution < 1.29 is 29.7 Å². The Bertz CT molecular complexity index is 1140. The largest absolute Gasteiger partial charge is 0.478 e. The second-order valence-electron chi connectivity index (χ2n) is 5.80. The van der Waals surface area contributed by atoms with Crippen molar-refractivity contribution in [3.8, 4) is 0 Å². The summed E-state index contributed by atoms with van der Waals surface area (Å²) in [6.07, 6.45) is 0. The zero-order chi connectivity index (χ0) is 21.8. The standard InChI is InChI=1S/C18H12ClN5O6/c19-16-22-17(20-11-3-1-2-8(5-11)13(25)26)24-18(23-16)21-12-6-9(14(27)28)4-10(7-12)15(29)30/h1-7H,(H,25,26)(H,27,28)(H,29,30)(H2,20,21,22,23,24). The van der Waals surface area contributed by atoms with Crippen LogP contribution >= 0.6 is 11.6 Å². The van der Waals surface area contributed by atoms with E-state index in [0.717, 1.165) is 6.07 Å². The maximum atomic E-state index is 11.2. The Morgan fingerprint density at radius 3 is 1.73 bits per heavy atom. The fourth-order valence-electron chi connectivity index (χ4n) is 2.40. The molecule has 12 heteroatoms. The van der Waals surface area contributed by atoms with Crippen molar-refractivity contribution >= 4 is 52.8 Å². The average Bonchev–Trinajstić information content (AvgIpc) is 2.67. The maximum absolute atomic E-state index is 11.2. The zero-order valence-corrected chi connectivity index (χ0v) is 15.6. The third-order valence-electron chi connectivity index (χ3n) is 3.66. The Balaban J connectivity index is 1.91. The van der Waals surface area contributed by atoms with E-state index < -0.39 is 17.9 Å². The van der Waals surface area contributed by atoms with Crippen LogP contribution in [-0.2, 0) is 0 Å². The van der Waals surface area contributed by atoms with Gasteiger partial charge in [0.2, 0.25) is 17.2 Å². The van der Waals surface area contributed by atoms with E-state index in [4.69, 9.17) is 26.9 Å². The van der Waals surface area contributed by atoms with E-state index in [-0.39, 0.29) is 39.6 Å². The lowest BCUT2D eigenvalue weighted by atomic mass is 10.1. The van der Waals surface area contributed by atoms with Gasteiger partial charge in [0.15, 0.2) is 0 Å². The molecule has 1 heterocycles. The lowest BCUT2D eigenvalue weighted by Gasteiger charge is -2.10. The third kappa shape index (κ3) is 4.97. The summed E-state index contributed by atoms with van der Waals surface area (Å²) in [5.74, 6) is -3.84. The summed E-state index contributed by atoms with van der Waals surface area (Å²) in [6.45, 7) is 0. The van der Waals surface area contributed by atoms with Gasteiger partial charge in [-0.05, 0) is 48.0 Å². The summed E-state index contributed by atoms with van der Waals surface area (Å²) in [5, 5.41) is 32.6. The van der Waals surface area contributed by atoms with Crippen LogP contribution in [0.2, 0.25) is 5.28 Å².